The van der Waals surface area contributed by atoms with Gasteiger partial charge in [0, 0.05) is 24.6 Å². The van der Waals surface area contributed by atoms with Crippen molar-refractivity contribution < 1.29 is 33.8 Å². The van der Waals surface area contributed by atoms with E-state index in [-0.39, 0.29) is 40.0 Å². The summed E-state index contributed by atoms with van der Waals surface area (Å²) in [4.78, 5) is 41.6. The molecule has 2 atom stereocenters. The van der Waals surface area contributed by atoms with E-state index in [9.17, 15) is 24.6 Å². The smallest absolute Gasteiger partial charge is 0.335 e. The molecule has 1 fully saturated rings. The van der Waals surface area contributed by atoms with Crippen LogP contribution in [0.1, 0.15) is 44.3 Å². The fourth-order valence-corrected chi connectivity index (χ4v) is 5.25. The Balaban J connectivity index is 1.57. The molecule has 1 aliphatic rings. The first-order chi connectivity index (χ1) is 20.2. The summed E-state index contributed by atoms with van der Waals surface area (Å²) in [6, 6.07) is 16.6. The number of aromatic carboxylic acids is 2. The number of hydrogen-bond donors (Lipinski definition) is 4. The zero-order chi connectivity index (χ0) is 30.0. The minimum atomic E-state index is -1.27. The number of nitrogens with zero attached hydrogens (tertiary/aromatic N) is 2. The van der Waals surface area contributed by atoms with Crippen LogP contribution in [0.15, 0.2) is 77.3 Å². The van der Waals surface area contributed by atoms with Gasteiger partial charge in [0.25, 0.3) is 0 Å². The maximum atomic E-state index is 12.0. The Morgan fingerprint density at radius 3 is 2.43 bits per heavy atom. The number of carboxylic acids is 2. The fraction of sp³-hybridized carbons (Fsp3) is 0.138. The first-order valence-electron chi connectivity index (χ1n) is 12.5. The number of nitrogens with one attached hydrogen (secondary N) is 2. The van der Waals surface area contributed by atoms with E-state index in [0.29, 0.717) is 27.9 Å². The number of carboxylic acid groups (broad SMARTS) is 2. The summed E-state index contributed by atoms with van der Waals surface area (Å²) >= 11 is 12.3. The zero-order valence-electron chi connectivity index (χ0n) is 21.9. The molecule has 1 saturated heterocycles. The third kappa shape index (κ3) is 5.81. The molecule has 5 rings (SSSR count). The van der Waals surface area contributed by atoms with Crippen molar-refractivity contribution in [3.8, 4) is 11.3 Å². The zero-order valence-corrected chi connectivity index (χ0v) is 23.5. The second-order valence-electron chi connectivity index (χ2n) is 9.25. The Kier molecular flexibility index (Phi) is 8.20. The molecular weight excluding hydrogens is 584 g/mol. The molecule has 0 saturated carbocycles. The maximum absolute atomic E-state index is 12.0. The molecule has 2 unspecified atom stereocenters. The summed E-state index contributed by atoms with van der Waals surface area (Å²) in [7, 11) is 1.41. The van der Waals surface area contributed by atoms with Crippen LogP contribution in [0.5, 0.6) is 0 Å². The first kappa shape index (κ1) is 28.7. The SMILES string of the molecule is COCC(=O)Nc1ccc(N2C(=S)NC(c3ccccn3)C2c2ccc(-c3cc(C(=O)O)cc(C(=O)O)c3)o2)cc1Cl. The lowest BCUT2D eigenvalue weighted by Gasteiger charge is -2.26. The van der Waals surface area contributed by atoms with Gasteiger partial charge in [-0.05, 0) is 72.9 Å². The Labute approximate surface area is 249 Å². The summed E-state index contributed by atoms with van der Waals surface area (Å²) in [5.41, 5.74) is 1.59. The minimum Gasteiger partial charge on any atom is -0.478 e. The molecule has 13 heteroatoms. The molecule has 2 aromatic carbocycles. The van der Waals surface area contributed by atoms with Crippen molar-refractivity contribution in [2.24, 2.45) is 0 Å². The van der Waals surface area contributed by atoms with E-state index in [2.05, 4.69) is 15.6 Å². The number of anilines is 2. The summed E-state index contributed by atoms with van der Waals surface area (Å²) in [5.74, 6) is -2.19. The lowest BCUT2D eigenvalue weighted by atomic mass is 10.0. The Morgan fingerprint density at radius 1 is 1.07 bits per heavy atom. The number of aromatic nitrogens is 1. The van der Waals surface area contributed by atoms with Crippen molar-refractivity contribution in [3.05, 3.63) is 101 Å². The Bertz CT molecular complexity index is 1660. The first-order valence-corrected chi connectivity index (χ1v) is 13.3. The van der Waals surface area contributed by atoms with Crippen molar-refractivity contribution in [3.63, 3.8) is 0 Å². The highest BCUT2D eigenvalue weighted by Crippen LogP contribution is 2.44. The second kappa shape index (κ2) is 12.0. The average molecular weight is 607 g/mol. The van der Waals surface area contributed by atoms with E-state index in [1.165, 1.54) is 19.2 Å². The highest BCUT2D eigenvalue weighted by Gasteiger charge is 2.42. The van der Waals surface area contributed by atoms with Crippen LogP contribution < -0.4 is 15.5 Å². The van der Waals surface area contributed by atoms with Gasteiger partial charge >= 0.3 is 11.9 Å². The summed E-state index contributed by atoms with van der Waals surface area (Å²) in [6.07, 6.45) is 1.66. The van der Waals surface area contributed by atoms with Gasteiger partial charge in [-0.1, -0.05) is 17.7 Å². The lowest BCUT2D eigenvalue weighted by molar-refractivity contribution is -0.119. The summed E-state index contributed by atoms with van der Waals surface area (Å²) in [5, 5.41) is 25.6. The van der Waals surface area contributed by atoms with E-state index >= 15 is 0 Å². The highest BCUT2D eigenvalue weighted by molar-refractivity contribution is 7.80. The number of rotatable bonds is 9. The number of furan rings is 1. The molecule has 1 aliphatic heterocycles. The van der Waals surface area contributed by atoms with Gasteiger partial charge in [0.1, 0.15) is 24.2 Å². The molecule has 4 aromatic rings. The molecule has 11 nitrogen and oxygen atoms in total. The van der Waals surface area contributed by atoms with Crippen LogP contribution in [0.2, 0.25) is 5.02 Å². The van der Waals surface area contributed by atoms with Gasteiger partial charge in [0.05, 0.1) is 33.6 Å². The van der Waals surface area contributed by atoms with Gasteiger partial charge < -0.3 is 34.9 Å². The number of amides is 1. The number of carbonyl (C=O) groups excluding carboxylic acids is 1. The minimum absolute atomic E-state index is 0.129. The predicted octanol–water partition coefficient (Wildman–Crippen LogP) is 5.15. The standard InChI is InChI=1S/C29H23ClN4O7S/c1-40-14-24(35)32-20-6-5-18(13-19(20)30)34-26(25(33-29(34)42)21-4-2-3-9-31-21)23-8-7-22(41-23)15-10-16(27(36)37)12-17(11-15)28(38)39/h2-13,25-26H,14H2,1H3,(H,32,35)(H,33,42)(H,36,37)(H,38,39). The number of halogens is 1. The topological polar surface area (TPSA) is 154 Å². The molecule has 1 amide bonds. The van der Waals surface area contributed by atoms with Crippen molar-refractivity contribution >= 4 is 58.2 Å². The quantitative estimate of drug-likeness (QED) is 0.187. The predicted molar refractivity (Wildman–Crippen MR) is 158 cm³/mol. The normalized spacial score (nSPS) is 16.2. The van der Waals surface area contributed by atoms with Crippen LogP contribution in [0, 0.1) is 0 Å². The van der Waals surface area contributed by atoms with Crippen LogP contribution in [-0.4, -0.2) is 51.9 Å². The number of hydrogen-bond acceptors (Lipinski definition) is 7. The van der Waals surface area contributed by atoms with Crippen molar-refractivity contribution in [2.45, 2.75) is 12.1 Å². The van der Waals surface area contributed by atoms with Gasteiger partial charge in [-0.25, -0.2) is 9.59 Å². The van der Waals surface area contributed by atoms with Crippen LogP contribution >= 0.6 is 23.8 Å². The van der Waals surface area contributed by atoms with E-state index in [0.717, 1.165) is 6.07 Å². The molecule has 0 bridgehead atoms. The van der Waals surface area contributed by atoms with E-state index in [1.807, 2.05) is 12.1 Å². The summed E-state index contributed by atoms with van der Waals surface area (Å²) < 4.78 is 11.1. The van der Waals surface area contributed by atoms with Crippen LogP contribution in [-0.2, 0) is 9.53 Å². The lowest BCUT2D eigenvalue weighted by Crippen LogP contribution is -2.29. The maximum Gasteiger partial charge on any atom is 0.335 e. The van der Waals surface area contributed by atoms with Crippen LogP contribution in [0.25, 0.3) is 11.3 Å². The molecule has 42 heavy (non-hydrogen) atoms. The van der Waals surface area contributed by atoms with Gasteiger partial charge in [0.15, 0.2) is 5.11 Å². The molecule has 4 N–H and O–H groups in total. The number of ether oxygens (including phenoxy) is 1. The average Bonchev–Trinajstić information content (AvgIpc) is 3.59. The fourth-order valence-electron chi connectivity index (χ4n) is 4.68. The number of thiocarbonyl (C=S) groups is 1. The monoisotopic (exact) mass is 606 g/mol. The molecular formula is C29H23ClN4O7S. The molecule has 0 spiro atoms. The van der Waals surface area contributed by atoms with Crippen molar-refractivity contribution in [2.75, 3.05) is 23.9 Å². The van der Waals surface area contributed by atoms with Crippen LogP contribution in [0.4, 0.5) is 11.4 Å². The largest absolute Gasteiger partial charge is 0.478 e. The Hall–Kier alpha value is -4.78. The summed E-state index contributed by atoms with van der Waals surface area (Å²) in [6.45, 7) is -0.129. The number of pyridine rings is 1. The van der Waals surface area contributed by atoms with E-state index < -0.39 is 24.0 Å². The highest BCUT2D eigenvalue weighted by atomic mass is 35.5. The molecule has 0 aliphatic carbocycles. The van der Waals surface area contributed by atoms with Crippen molar-refractivity contribution in [1.29, 1.82) is 0 Å². The third-order valence-corrected chi connectivity index (χ3v) is 7.14. The van der Waals surface area contributed by atoms with Crippen molar-refractivity contribution in [1.82, 2.24) is 10.3 Å². The van der Waals surface area contributed by atoms with Gasteiger partial charge in [-0.15, -0.1) is 0 Å². The number of methoxy groups -OCH3 is 1. The molecule has 2 aromatic heterocycles. The van der Waals surface area contributed by atoms with Gasteiger partial charge in [-0.2, -0.15) is 0 Å². The molecule has 3 heterocycles. The van der Waals surface area contributed by atoms with Gasteiger partial charge in [-0.3, -0.25) is 9.78 Å². The van der Waals surface area contributed by atoms with Gasteiger partial charge in [0.2, 0.25) is 5.91 Å². The number of benzene rings is 2. The van der Waals surface area contributed by atoms with E-state index in [4.69, 9.17) is 33.0 Å². The second-order valence-corrected chi connectivity index (χ2v) is 10.0. The van der Waals surface area contributed by atoms with E-state index in [1.54, 1.807) is 47.5 Å². The van der Waals surface area contributed by atoms with Crippen LogP contribution in [0.3, 0.4) is 0 Å². The third-order valence-electron chi connectivity index (χ3n) is 6.51. The molecule has 0 radical (unpaired) electrons. The molecule has 214 valence electrons. The number of carbonyl (C=O) groups is 3. The Morgan fingerprint density at radius 2 is 1.81 bits per heavy atom.